The first-order valence-corrected chi connectivity index (χ1v) is 13.6. The fourth-order valence-electron chi connectivity index (χ4n) is 3.66. The van der Waals surface area contributed by atoms with E-state index in [1.165, 1.54) is 18.3 Å². The smallest absolute Gasteiger partial charge is 0.435 e. The van der Waals surface area contributed by atoms with Crippen LogP contribution in [0.1, 0.15) is 12.8 Å². The molecule has 3 aromatic rings. The largest absolute Gasteiger partial charge is 0.573 e. The van der Waals surface area contributed by atoms with Crippen molar-refractivity contribution < 1.29 is 40.2 Å². The summed E-state index contributed by atoms with van der Waals surface area (Å²) in [7, 11) is -3.77. The Morgan fingerprint density at radius 2 is 1.97 bits per heavy atom. The molecule has 210 valence electrons. The zero-order valence-electron chi connectivity index (χ0n) is 20.1. The molecule has 0 bridgehead atoms. The van der Waals surface area contributed by atoms with Crippen LogP contribution >= 0.6 is 11.6 Å². The first-order valence-electron chi connectivity index (χ1n) is 11.3. The van der Waals surface area contributed by atoms with Crippen LogP contribution in [0.4, 0.5) is 23.2 Å². The van der Waals surface area contributed by atoms with Crippen molar-refractivity contribution in [2.45, 2.75) is 30.5 Å². The first kappa shape index (κ1) is 28.6. The van der Waals surface area contributed by atoms with Crippen molar-refractivity contribution in [3.63, 3.8) is 0 Å². The van der Waals surface area contributed by atoms with Crippen LogP contribution in [-0.4, -0.2) is 55.3 Å². The van der Waals surface area contributed by atoms with Gasteiger partial charge in [-0.25, -0.2) is 17.8 Å². The molecule has 39 heavy (non-hydrogen) atoms. The summed E-state index contributed by atoms with van der Waals surface area (Å²) < 4.78 is 91.2. The molecular weight excluding hydrogens is 572 g/mol. The molecule has 0 radical (unpaired) electrons. The van der Waals surface area contributed by atoms with Gasteiger partial charge in [-0.3, -0.25) is 4.79 Å². The second-order valence-electron chi connectivity index (χ2n) is 8.48. The predicted molar refractivity (Wildman–Crippen MR) is 131 cm³/mol. The third kappa shape index (κ3) is 7.16. The maximum absolute atomic E-state index is 13.9. The summed E-state index contributed by atoms with van der Waals surface area (Å²) in [6, 6.07) is 5.17. The molecule has 0 saturated carbocycles. The molecule has 0 aliphatic carbocycles. The minimum atomic E-state index is -5.06. The van der Waals surface area contributed by atoms with E-state index in [4.69, 9.17) is 21.1 Å². The lowest BCUT2D eigenvalue weighted by Gasteiger charge is -2.26. The summed E-state index contributed by atoms with van der Waals surface area (Å²) >= 11 is 6.20. The van der Waals surface area contributed by atoms with E-state index in [2.05, 4.69) is 20.1 Å². The highest BCUT2D eigenvalue weighted by molar-refractivity contribution is 7.90. The number of halogens is 5. The molecule has 1 fully saturated rings. The molecular formula is C23H21ClF4N4O6S. The lowest BCUT2D eigenvalue weighted by molar-refractivity contribution is -0.275. The SMILES string of the molecule is CS(=O)(=O)c1ccc(OC(F)(F)F)c(Oc2ccc(-n3ncc(NC[C@@H]4CCCOC4F)c(Cl)c3=O)cn2)c1. The van der Waals surface area contributed by atoms with E-state index in [0.29, 0.717) is 19.4 Å². The first-order chi connectivity index (χ1) is 18.3. The Morgan fingerprint density at radius 3 is 2.62 bits per heavy atom. The molecule has 16 heteroatoms. The Kier molecular flexibility index (Phi) is 8.32. The molecule has 1 aromatic carbocycles. The van der Waals surface area contributed by atoms with Crippen LogP contribution in [0.15, 0.2) is 52.4 Å². The fraction of sp³-hybridized carbons (Fsp3) is 0.348. The van der Waals surface area contributed by atoms with Gasteiger partial charge in [0.2, 0.25) is 12.2 Å². The third-order valence-electron chi connectivity index (χ3n) is 5.59. The van der Waals surface area contributed by atoms with E-state index < -0.39 is 45.5 Å². The molecule has 2 aromatic heterocycles. The number of aromatic nitrogens is 3. The third-order valence-corrected chi connectivity index (χ3v) is 7.06. The Labute approximate surface area is 224 Å². The minimum absolute atomic E-state index is 0.141. The van der Waals surface area contributed by atoms with Crippen molar-refractivity contribution in [3.05, 3.63) is 58.1 Å². The van der Waals surface area contributed by atoms with E-state index >= 15 is 0 Å². The van der Waals surface area contributed by atoms with Gasteiger partial charge in [-0.15, -0.1) is 13.2 Å². The molecule has 1 saturated heterocycles. The lowest BCUT2D eigenvalue weighted by atomic mass is 10.0. The molecule has 10 nitrogen and oxygen atoms in total. The second kappa shape index (κ2) is 11.4. The van der Waals surface area contributed by atoms with Crippen LogP contribution in [0.2, 0.25) is 5.02 Å². The summed E-state index contributed by atoms with van der Waals surface area (Å²) in [6.07, 6.45) is -1.86. The van der Waals surface area contributed by atoms with Crippen LogP contribution < -0.4 is 20.3 Å². The zero-order valence-corrected chi connectivity index (χ0v) is 21.7. The fourth-order valence-corrected chi connectivity index (χ4v) is 4.49. The molecule has 0 amide bonds. The quantitative estimate of drug-likeness (QED) is 0.377. The van der Waals surface area contributed by atoms with Gasteiger partial charge in [0.1, 0.15) is 5.02 Å². The van der Waals surface area contributed by atoms with Crippen molar-refractivity contribution in [1.82, 2.24) is 14.8 Å². The van der Waals surface area contributed by atoms with Crippen LogP contribution in [0.25, 0.3) is 5.69 Å². The summed E-state index contributed by atoms with van der Waals surface area (Å²) in [4.78, 5) is 16.4. The predicted octanol–water partition coefficient (Wildman–Crippen LogP) is 4.51. The number of anilines is 1. The van der Waals surface area contributed by atoms with Gasteiger partial charge in [-0.1, -0.05) is 11.6 Å². The monoisotopic (exact) mass is 592 g/mol. The van der Waals surface area contributed by atoms with Gasteiger partial charge in [-0.05, 0) is 31.0 Å². The summed E-state index contributed by atoms with van der Waals surface area (Å²) in [5.74, 6) is -1.98. The van der Waals surface area contributed by atoms with Crippen molar-refractivity contribution in [3.8, 4) is 23.1 Å². The van der Waals surface area contributed by atoms with E-state index in [1.54, 1.807) is 0 Å². The van der Waals surface area contributed by atoms with Crippen molar-refractivity contribution in [2.24, 2.45) is 5.92 Å². The summed E-state index contributed by atoms with van der Waals surface area (Å²) in [5.41, 5.74) is -0.371. The number of ether oxygens (including phenoxy) is 3. The highest BCUT2D eigenvalue weighted by Gasteiger charge is 2.33. The molecule has 1 N–H and O–H groups in total. The maximum Gasteiger partial charge on any atom is 0.573 e. The van der Waals surface area contributed by atoms with E-state index in [0.717, 1.165) is 35.3 Å². The normalized spacial score (nSPS) is 18.0. The van der Waals surface area contributed by atoms with Crippen molar-refractivity contribution >= 4 is 27.1 Å². The highest BCUT2D eigenvalue weighted by Crippen LogP contribution is 2.36. The molecule has 1 unspecified atom stereocenters. The average Bonchev–Trinajstić information content (AvgIpc) is 2.86. The van der Waals surface area contributed by atoms with E-state index in [-0.39, 0.29) is 33.7 Å². The van der Waals surface area contributed by atoms with Crippen molar-refractivity contribution in [2.75, 3.05) is 24.7 Å². The Balaban J connectivity index is 1.53. The second-order valence-corrected chi connectivity index (χ2v) is 10.9. The Hall–Kier alpha value is -3.43. The van der Waals surface area contributed by atoms with Crippen molar-refractivity contribution in [1.29, 1.82) is 0 Å². The molecule has 2 atom stereocenters. The Bertz CT molecular complexity index is 1500. The molecule has 3 heterocycles. The number of hydrogen-bond donors (Lipinski definition) is 1. The average molecular weight is 593 g/mol. The summed E-state index contributed by atoms with van der Waals surface area (Å²) in [6.45, 7) is 0.531. The number of rotatable bonds is 8. The number of sulfone groups is 1. The van der Waals surface area contributed by atoms with Crippen LogP contribution in [0, 0.1) is 5.92 Å². The van der Waals surface area contributed by atoms with Gasteiger partial charge in [0.15, 0.2) is 21.3 Å². The van der Waals surface area contributed by atoms with Crippen LogP contribution in [-0.2, 0) is 14.6 Å². The van der Waals surface area contributed by atoms with Gasteiger partial charge in [0, 0.05) is 30.9 Å². The van der Waals surface area contributed by atoms with Crippen LogP contribution in [0.3, 0.4) is 0 Å². The zero-order chi connectivity index (χ0) is 28.4. The highest BCUT2D eigenvalue weighted by atomic mass is 35.5. The summed E-state index contributed by atoms with van der Waals surface area (Å²) in [5, 5.41) is 6.74. The minimum Gasteiger partial charge on any atom is -0.435 e. The van der Waals surface area contributed by atoms with Gasteiger partial charge in [-0.2, -0.15) is 9.78 Å². The number of nitrogens with one attached hydrogen (secondary N) is 1. The molecule has 1 aliphatic rings. The van der Waals surface area contributed by atoms with Gasteiger partial charge in [0.25, 0.3) is 5.56 Å². The molecule has 1 aliphatic heterocycles. The standard InChI is InChI=1S/C23H21ClF4N4O6S/c1-39(34,35)15-5-6-17(38-23(26,27)28)18(9-15)37-19-7-4-14(11-30-19)32-22(33)20(24)16(12-31-32)29-10-13-3-2-8-36-21(13)25/h4-7,9,11-13,21,29H,2-3,8,10H2,1H3/t13-,21?/m0/s1. The lowest BCUT2D eigenvalue weighted by Crippen LogP contribution is -2.31. The number of nitrogens with zero attached hydrogens (tertiary/aromatic N) is 3. The number of alkyl halides is 4. The molecule has 4 rings (SSSR count). The maximum atomic E-state index is 13.9. The molecule has 0 spiro atoms. The number of hydrogen-bond acceptors (Lipinski definition) is 9. The topological polar surface area (TPSA) is 122 Å². The van der Waals surface area contributed by atoms with E-state index in [9.17, 15) is 30.8 Å². The van der Waals surface area contributed by atoms with E-state index in [1.807, 2.05) is 0 Å². The van der Waals surface area contributed by atoms with Gasteiger partial charge in [0.05, 0.1) is 35.3 Å². The van der Waals surface area contributed by atoms with Gasteiger partial charge < -0.3 is 19.5 Å². The number of benzene rings is 1. The van der Waals surface area contributed by atoms with Gasteiger partial charge >= 0.3 is 6.36 Å². The Morgan fingerprint density at radius 1 is 1.21 bits per heavy atom. The number of pyridine rings is 1. The van der Waals surface area contributed by atoms with Crippen LogP contribution in [0.5, 0.6) is 17.4 Å².